The van der Waals surface area contributed by atoms with E-state index in [2.05, 4.69) is 21.2 Å². The Bertz CT molecular complexity index is 357. The van der Waals surface area contributed by atoms with Crippen LogP contribution in [0.4, 0.5) is 0 Å². The first-order valence-corrected chi connectivity index (χ1v) is 5.47. The Labute approximate surface area is 101 Å². The Balaban J connectivity index is 3.01. The molecule has 5 heteroatoms. The molecule has 1 aromatic rings. The van der Waals surface area contributed by atoms with E-state index >= 15 is 0 Å². The molecule has 0 bridgehead atoms. The van der Waals surface area contributed by atoms with Gasteiger partial charge in [0, 0.05) is 16.5 Å². The Morgan fingerprint density at radius 3 is 2.71 bits per heavy atom. The molecule has 0 fully saturated rings. The van der Waals surface area contributed by atoms with Gasteiger partial charge in [-0.05, 0) is 17.7 Å². The van der Waals surface area contributed by atoms with Gasteiger partial charge < -0.3 is 5.32 Å². The average molecular weight is 297 g/mol. The topological polar surface area (TPSA) is 29.1 Å². The minimum atomic E-state index is -0.749. The predicted octanol–water partition coefficient (Wildman–Crippen LogP) is 3.13. The Morgan fingerprint density at radius 2 is 2.21 bits per heavy atom. The molecule has 0 radical (unpaired) electrons. The van der Waals surface area contributed by atoms with E-state index in [4.69, 9.17) is 23.2 Å². The molecular weight excluding hydrogens is 289 g/mol. The van der Waals surface area contributed by atoms with Crippen molar-refractivity contribution in [2.24, 2.45) is 0 Å². The van der Waals surface area contributed by atoms with Gasteiger partial charge in [-0.2, -0.15) is 0 Å². The maximum atomic E-state index is 11.2. The smallest absolute Gasteiger partial charge is 0.242 e. The van der Waals surface area contributed by atoms with Crippen LogP contribution in [0.25, 0.3) is 0 Å². The molecule has 0 aliphatic rings. The third-order valence-electron chi connectivity index (χ3n) is 1.71. The van der Waals surface area contributed by atoms with Gasteiger partial charge in [-0.3, -0.25) is 4.79 Å². The van der Waals surface area contributed by atoms with E-state index in [-0.39, 0.29) is 5.91 Å². The Morgan fingerprint density at radius 1 is 1.57 bits per heavy atom. The van der Waals surface area contributed by atoms with Crippen LogP contribution in [-0.2, 0) is 4.79 Å². The Kier molecular flexibility index (Phi) is 4.23. The van der Waals surface area contributed by atoms with Gasteiger partial charge in [-0.25, -0.2) is 0 Å². The molecule has 0 heterocycles. The van der Waals surface area contributed by atoms with Crippen LogP contribution in [0.2, 0.25) is 5.02 Å². The van der Waals surface area contributed by atoms with Gasteiger partial charge in [-0.1, -0.05) is 33.6 Å². The second kappa shape index (κ2) is 5.01. The van der Waals surface area contributed by atoms with Crippen molar-refractivity contribution < 1.29 is 4.79 Å². The summed E-state index contributed by atoms with van der Waals surface area (Å²) in [6, 6.07) is 5.22. The third-order valence-corrected chi connectivity index (χ3v) is 2.97. The lowest BCUT2D eigenvalue weighted by Gasteiger charge is -2.10. The van der Waals surface area contributed by atoms with Crippen molar-refractivity contribution in [3.8, 4) is 0 Å². The fourth-order valence-electron chi connectivity index (χ4n) is 0.975. The lowest BCUT2D eigenvalue weighted by molar-refractivity contribution is -0.120. The summed E-state index contributed by atoms with van der Waals surface area (Å²) in [5, 5.41) is 2.19. The molecule has 0 aliphatic heterocycles. The molecule has 1 amide bonds. The monoisotopic (exact) mass is 295 g/mol. The summed E-state index contributed by atoms with van der Waals surface area (Å²) in [6.45, 7) is 0. The number of benzene rings is 1. The van der Waals surface area contributed by atoms with Crippen molar-refractivity contribution in [1.82, 2.24) is 5.32 Å². The zero-order valence-electron chi connectivity index (χ0n) is 7.35. The first-order chi connectivity index (χ1) is 6.56. The SMILES string of the molecule is CNC(=O)C(Cl)c1ccc(Br)cc1Cl. The maximum absolute atomic E-state index is 11.2. The molecule has 1 unspecified atom stereocenters. The summed E-state index contributed by atoms with van der Waals surface area (Å²) in [7, 11) is 1.53. The number of likely N-dealkylation sites (N-methyl/N-ethyl adjacent to an activating group) is 1. The number of carbonyl (C=O) groups excluding carboxylic acids is 1. The highest BCUT2D eigenvalue weighted by atomic mass is 79.9. The number of amides is 1. The van der Waals surface area contributed by atoms with Crippen molar-refractivity contribution in [3.05, 3.63) is 33.3 Å². The van der Waals surface area contributed by atoms with Crippen molar-refractivity contribution in [2.45, 2.75) is 5.38 Å². The first kappa shape index (κ1) is 11.8. The van der Waals surface area contributed by atoms with Crippen LogP contribution < -0.4 is 5.32 Å². The zero-order valence-corrected chi connectivity index (χ0v) is 10.4. The molecule has 0 spiro atoms. The highest BCUT2D eigenvalue weighted by Gasteiger charge is 2.18. The summed E-state index contributed by atoms with van der Waals surface area (Å²) in [6.07, 6.45) is 0. The van der Waals surface area contributed by atoms with E-state index in [1.54, 1.807) is 18.2 Å². The number of alkyl halides is 1. The number of hydrogen-bond acceptors (Lipinski definition) is 1. The van der Waals surface area contributed by atoms with Crippen molar-refractivity contribution in [2.75, 3.05) is 7.05 Å². The van der Waals surface area contributed by atoms with Gasteiger partial charge in [0.05, 0.1) is 0 Å². The lowest BCUT2D eigenvalue weighted by Crippen LogP contribution is -2.22. The van der Waals surface area contributed by atoms with Crippen LogP contribution in [0, 0.1) is 0 Å². The van der Waals surface area contributed by atoms with Gasteiger partial charge in [-0.15, -0.1) is 11.6 Å². The number of rotatable bonds is 2. The number of nitrogens with one attached hydrogen (secondary N) is 1. The van der Waals surface area contributed by atoms with Gasteiger partial charge in [0.15, 0.2) is 0 Å². The third kappa shape index (κ3) is 2.62. The molecular formula is C9H8BrCl2NO. The molecule has 1 N–H and O–H groups in total. The van der Waals surface area contributed by atoms with Crippen molar-refractivity contribution >= 4 is 45.0 Å². The summed E-state index contributed by atoms with van der Waals surface area (Å²) in [5.41, 5.74) is 0.607. The molecule has 1 aromatic carbocycles. The van der Waals surface area contributed by atoms with E-state index in [1.807, 2.05) is 0 Å². The molecule has 14 heavy (non-hydrogen) atoms. The molecule has 0 saturated carbocycles. The maximum Gasteiger partial charge on any atom is 0.242 e. The Hall–Kier alpha value is -0.250. The molecule has 0 aliphatic carbocycles. The van der Waals surface area contributed by atoms with Gasteiger partial charge >= 0.3 is 0 Å². The van der Waals surface area contributed by atoms with Crippen molar-refractivity contribution in [1.29, 1.82) is 0 Å². The van der Waals surface area contributed by atoms with Gasteiger partial charge in [0.2, 0.25) is 5.91 Å². The quantitative estimate of drug-likeness (QED) is 0.835. The standard InChI is InChI=1S/C9H8BrCl2NO/c1-13-9(14)8(12)6-3-2-5(10)4-7(6)11/h2-4,8H,1H3,(H,13,14). The van der Waals surface area contributed by atoms with E-state index < -0.39 is 5.38 Å². The van der Waals surface area contributed by atoms with E-state index in [0.717, 1.165) is 4.47 Å². The second-order valence-electron chi connectivity index (χ2n) is 2.64. The largest absolute Gasteiger partial charge is 0.358 e. The molecule has 0 aromatic heterocycles. The lowest BCUT2D eigenvalue weighted by atomic mass is 10.1. The predicted molar refractivity (Wildman–Crippen MR) is 61.8 cm³/mol. The van der Waals surface area contributed by atoms with Gasteiger partial charge in [0.25, 0.3) is 0 Å². The summed E-state index contributed by atoms with van der Waals surface area (Å²) >= 11 is 15.1. The first-order valence-electron chi connectivity index (χ1n) is 3.87. The van der Waals surface area contributed by atoms with E-state index in [0.29, 0.717) is 10.6 Å². The van der Waals surface area contributed by atoms with Crippen LogP contribution >= 0.6 is 39.1 Å². The number of carbonyl (C=O) groups is 1. The second-order valence-corrected chi connectivity index (χ2v) is 4.40. The summed E-state index contributed by atoms with van der Waals surface area (Å²) in [5.74, 6) is -0.268. The van der Waals surface area contributed by atoms with Gasteiger partial charge in [0.1, 0.15) is 5.38 Å². The normalized spacial score (nSPS) is 12.3. The summed E-state index contributed by atoms with van der Waals surface area (Å²) in [4.78, 5) is 11.2. The van der Waals surface area contributed by atoms with Crippen LogP contribution in [0.5, 0.6) is 0 Å². The van der Waals surface area contributed by atoms with Crippen LogP contribution in [-0.4, -0.2) is 13.0 Å². The minimum absolute atomic E-state index is 0.268. The fourth-order valence-corrected chi connectivity index (χ4v) is 2.11. The molecule has 0 saturated heterocycles. The van der Waals surface area contributed by atoms with Crippen LogP contribution in [0.15, 0.2) is 22.7 Å². The molecule has 1 rings (SSSR count). The highest BCUT2D eigenvalue weighted by Crippen LogP contribution is 2.30. The molecule has 76 valence electrons. The van der Waals surface area contributed by atoms with Crippen LogP contribution in [0.1, 0.15) is 10.9 Å². The molecule has 2 nitrogen and oxygen atoms in total. The highest BCUT2D eigenvalue weighted by molar-refractivity contribution is 9.10. The average Bonchev–Trinajstić information content (AvgIpc) is 2.15. The number of halogens is 3. The fraction of sp³-hybridized carbons (Fsp3) is 0.222. The van der Waals surface area contributed by atoms with E-state index in [9.17, 15) is 4.79 Å². The zero-order chi connectivity index (χ0) is 10.7. The van der Waals surface area contributed by atoms with Crippen LogP contribution in [0.3, 0.4) is 0 Å². The molecule has 1 atom stereocenters. The summed E-state index contributed by atoms with van der Waals surface area (Å²) < 4.78 is 0.854. The van der Waals surface area contributed by atoms with Crippen molar-refractivity contribution in [3.63, 3.8) is 0 Å². The minimum Gasteiger partial charge on any atom is -0.358 e. The van der Waals surface area contributed by atoms with E-state index in [1.165, 1.54) is 7.05 Å². The number of hydrogen-bond donors (Lipinski definition) is 1.